The first-order chi connectivity index (χ1) is 11.1. The van der Waals surface area contributed by atoms with E-state index in [9.17, 15) is 15.0 Å². The van der Waals surface area contributed by atoms with Gasteiger partial charge in [0, 0.05) is 12.6 Å². The van der Waals surface area contributed by atoms with Crippen LogP contribution in [-0.2, 0) is 24.3 Å². The molecule has 0 aromatic heterocycles. The minimum absolute atomic E-state index is 0. The Balaban J connectivity index is 0. The van der Waals surface area contributed by atoms with Crippen molar-refractivity contribution in [2.45, 2.75) is 96.4 Å². The second-order valence-corrected chi connectivity index (χ2v) is 6.28. The monoisotopic (exact) mass is 390 g/mol. The number of unbranched alkanes of at least 4 members (excludes halogenated alkanes) is 9. The van der Waals surface area contributed by atoms with E-state index < -0.39 is 12.0 Å². The zero-order chi connectivity index (χ0) is 17.3. The summed E-state index contributed by atoms with van der Waals surface area (Å²) in [5.74, 6) is -1.25. The van der Waals surface area contributed by atoms with Crippen molar-refractivity contribution in [2.24, 2.45) is 10.7 Å². The van der Waals surface area contributed by atoms with Gasteiger partial charge in [0.2, 0.25) is 0 Å². The molecule has 5 nitrogen and oxygen atoms in total. The molecular weight excluding hydrogens is 358 g/mol. The van der Waals surface area contributed by atoms with E-state index in [0.29, 0.717) is 32.2 Å². The van der Waals surface area contributed by atoms with Gasteiger partial charge in [-0.25, -0.2) is 0 Å². The van der Waals surface area contributed by atoms with Gasteiger partial charge in [-0.05, 0) is 38.0 Å². The number of carboxylic acid groups (broad SMARTS) is 1. The van der Waals surface area contributed by atoms with Crippen molar-refractivity contribution in [3.63, 3.8) is 0 Å². The van der Waals surface area contributed by atoms with Crippen LogP contribution < -0.4 is 15.9 Å². The Morgan fingerprint density at radius 3 is 2.00 bits per heavy atom. The van der Waals surface area contributed by atoms with E-state index in [2.05, 4.69) is 11.9 Å². The van der Waals surface area contributed by atoms with Crippen molar-refractivity contribution in [3.05, 3.63) is 0 Å². The molecule has 0 aliphatic heterocycles. The molecule has 0 unspecified atom stereocenters. The molecule has 0 rings (SSSR count). The summed E-state index contributed by atoms with van der Waals surface area (Å²) in [5, 5.41) is 22.0. The fourth-order valence-electron chi connectivity index (χ4n) is 2.46. The van der Waals surface area contributed by atoms with Crippen molar-refractivity contribution < 1.29 is 34.5 Å². The molecule has 0 saturated heterocycles. The summed E-state index contributed by atoms with van der Waals surface area (Å²) in [6, 6.07) is -0.910. The number of carboxylic acids is 1. The molecule has 1 atom stereocenters. The van der Waals surface area contributed by atoms with Gasteiger partial charge in [-0.3, -0.25) is 0 Å². The molecule has 0 radical (unpaired) electrons. The second kappa shape index (κ2) is 18.9. The van der Waals surface area contributed by atoms with E-state index in [1.807, 2.05) is 0 Å². The van der Waals surface area contributed by atoms with Gasteiger partial charge in [-0.15, -0.1) is 0 Å². The van der Waals surface area contributed by atoms with E-state index >= 15 is 0 Å². The van der Waals surface area contributed by atoms with Crippen molar-refractivity contribution in [2.75, 3.05) is 6.54 Å². The normalized spacial score (nSPS) is 12.7. The summed E-state index contributed by atoms with van der Waals surface area (Å²) < 4.78 is 0. The Bertz CT molecular complexity index is 325. The number of rotatable bonds is 16. The molecule has 2 N–H and O–H groups in total. The van der Waals surface area contributed by atoms with Gasteiger partial charge >= 0.3 is 19.5 Å². The van der Waals surface area contributed by atoms with Crippen molar-refractivity contribution in [1.82, 2.24) is 0 Å². The van der Waals surface area contributed by atoms with Crippen LogP contribution in [0.3, 0.4) is 0 Å². The molecule has 0 bridgehead atoms. The zero-order valence-corrected chi connectivity index (χ0v) is 18.4. The number of hydrogen-bond donors (Lipinski definition) is 1. The molecule has 24 heavy (non-hydrogen) atoms. The number of nitrogens with zero attached hydrogens (tertiary/aromatic N) is 1. The maximum absolute atomic E-state index is 11.6. The molecule has 0 aromatic carbocycles. The van der Waals surface area contributed by atoms with Crippen LogP contribution in [-0.4, -0.2) is 24.5 Å². The molecule has 0 aliphatic rings. The van der Waals surface area contributed by atoms with Gasteiger partial charge in [0.15, 0.2) is 0 Å². The fourth-order valence-corrected chi connectivity index (χ4v) is 2.46. The van der Waals surface area contributed by atoms with Crippen molar-refractivity contribution >= 4 is 11.9 Å². The number of nitrogens with two attached hydrogens (primary N) is 1. The van der Waals surface area contributed by atoms with Crippen LogP contribution in [0.2, 0.25) is 0 Å². The Morgan fingerprint density at radius 2 is 1.46 bits per heavy atom. The largest absolute Gasteiger partial charge is 2.00 e. The summed E-state index contributed by atoms with van der Waals surface area (Å²) >= 11 is 0. The third kappa shape index (κ3) is 17.9. The van der Waals surface area contributed by atoms with E-state index in [4.69, 9.17) is 5.73 Å². The van der Waals surface area contributed by atoms with Gasteiger partial charge in [0.25, 0.3) is 0 Å². The Morgan fingerprint density at radius 1 is 0.917 bits per heavy atom. The van der Waals surface area contributed by atoms with Crippen LogP contribution in [0.5, 0.6) is 0 Å². The van der Waals surface area contributed by atoms with Crippen LogP contribution in [0.4, 0.5) is 0 Å². The number of carbonyl (C=O) groups is 1. The summed E-state index contributed by atoms with van der Waals surface area (Å²) in [5.41, 5.74) is 5.34. The van der Waals surface area contributed by atoms with Gasteiger partial charge < -0.3 is 25.7 Å². The van der Waals surface area contributed by atoms with E-state index in [-0.39, 0.29) is 25.4 Å². The molecule has 0 heterocycles. The Hall–Kier alpha value is -0.477. The van der Waals surface area contributed by atoms with E-state index in [1.54, 1.807) is 0 Å². The predicted molar refractivity (Wildman–Crippen MR) is 91.0 cm³/mol. The average molecular weight is 392 g/mol. The number of aliphatic carboxylic acids is 1. The van der Waals surface area contributed by atoms with Crippen LogP contribution in [0.15, 0.2) is 4.99 Å². The third-order valence-electron chi connectivity index (χ3n) is 4.01. The number of aliphatic imine (C=N–C) groups is 1. The van der Waals surface area contributed by atoms with Gasteiger partial charge in [-0.1, -0.05) is 58.3 Å². The maximum Gasteiger partial charge on any atom is 2.00 e. The standard InChI is InChI=1S/C18H36N2O3.Zn/c1-2-3-4-5-6-7-8-9-10-14-17(21)20-15-12-11-13-16(19)18(22)23;/h16H,2-15,19H2,1H3,(H,20,21)(H,22,23);/q;+2/p-2/t16-;/m0./s1. The molecule has 0 fully saturated rings. The van der Waals surface area contributed by atoms with Crippen molar-refractivity contribution in [1.29, 1.82) is 0 Å². The molecule has 136 valence electrons. The molecule has 6 heteroatoms. The topological polar surface area (TPSA) is 102 Å². The second-order valence-electron chi connectivity index (χ2n) is 6.28. The van der Waals surface area contributed by atoms with E-state index in [0.717, 1.165) is 12.8 Å². The summed E-state index contributed by atoms with van der Waals surface area (Å²) in [4.78, 5) is 14.4. The molecule has 0 aromatic rings. The minimum Gasteiger partial charge on any atom is -0.862 e. The summed E-state index contributed by atoms with van der Waals surface area (Å²) in [6.07, 6.45) is 13.4. The Labute approximate surface area is 160 Å². The fraction of sp³-hybridized carbons (Fsp3) is 0.889. The quantitative estimate of drug-likeness (QED) is 0.188. The average Bonchev–Trinajstić information content (AvgIpc) is 2.52. The zero-order valence-electron chi connectivity index (χ0n) is 15.4. The molecule has 0 aliphatic carbocycles. The molecule has 0 spiro atoms. The van der Waals surface area contributed by atoms with Crippen LogP contribution in [0.25, 0.3) is 0 Å². The molecule has 0 amide bonds. The van der Waals surface area contributed by atoms with Gasteiger partial charge in [0.05, 0.1) is 5.97 Å². The Kier molecular flexibility index (Phi) is 20.2. The number of carbonyl (C=O) groups excluding carboxylic acids is 1. The first kappa shape index (κ1) is 25.8. The smallest absolute Gasteiger partial charge is 0.862 e. The molecule has 0 saturated carbocycles. The maximum atomic E-state index is 11.6. The van der Waals surface area contributed by atoms with Crippen molar-refractivity contribution in [3.8, 4) is 0 Å². The van der Waals surface area contributed by atoms with Crippen LogP contribution in [0.1, 0.15) is 90.4 Å². The van der Waals surface area contributed by atoms with E-state index in [1.165, 1.54) is 44.9 Å². The number of hydrogen-bond acceptors (Lipinski definition) is 5. The minimum atomic E-state index is -1.22. The third-order valence-corrected chi connectivity index (χ3v) is 4.01. The van der Waals surface area contributed by atoms with Gasteiger partial charge in [0.1, 0.15) is 0 Å². The van der Waals surface area contributed by atoms with Crippen LogP contribution in [0, 0.1) is 0 Å². The SMILES string of the molecule is CCCCCCCCCCCC([O-])=NCCCC[C@H](N)C(=O)[O-].[Zn+2]. The van der Waals surface area contributed by atoms with Gasteiger partial charge in [-0.2, -0.15) is 0 Å². The molecular formula is C18H34N2O3Zn. The van der Waals surface area contributed by atoms with Crippen LogP contribution >= 0.6 is 0 Å². The first-order valence-electron chi connectivity index (χ1n) is 9.24. The summed E-state index contributed by atoms with van der Waals surface area (Å²) in [6.45, 7) is 2.70. The predicted octanol–water partition coefficient (Wildman–Crippen LogP) is 1.91. The summed E-state index contributed by atoms with van der Waals surface area (Å²) in [7, 11) is 0. The first-order valence-corrected chi connectivity index (χ1v) is 9.24.